The highest BCUT2D eigenvalue weighted by molar-refractivity contribution is 5.88. The van der Waals surface area contributed by atoms with Crippen LogP contribution in [0.25, 0.3) is 0 Å². The van der Waals surface area contributed by atoms with Crippen LogP contribution in [0.2, 0.25) is 0 Å². The molecule has 0 unspecified atom stereocenters. The van der Waals surface area contributed by atoms with Crippen LogP contribution in [0.5, 0.6) is 0 Å². The van der Waals surface area contributed by atoms with Crippen molar-refractivity contribution in [2.75, 3.05) is 13.1 Å². The van der Waals surface area contributed by atoms with Gasteiger partial charge in [-0.25, -0.2) is 0 Å². The summed E-state index contributed by atoms with van der Waals surface area (Å²) >= 11 is 0. The molecule has 5 nitrogen and oxygen atoms in total. The SMILES string of the molecule is NC1CCC(CNC(=O)[C@@H]2CCCN2C(=O)CC(C2CCCCC2)C2CCCCC2)CC1. The molecule has 0 bridgehead atoms. The van der Waals surface area contributed by atoms with Crippen LogP contribution in [0.4, 0.5) is 0 Å². The zero-order valence-electron chi connectivity index (χ0n) is 20.2. The van der Waals surface area contributed by atoms with Crippen LogP contribution in [0, 0.1) is 23.7 Å². The molecular formula is C27H47N3O2. The fraction of sp³-hybridized carbons (Fsp3) is 0.926. The van der Waals surface area contributed by atoms with Crippen LogP contribution in [-0.4, -0.2) is 41.9 Å². The van der Waals surface area contributed by atoms with Gasteiger partial charge in [0.25, 0.3) is 0 Å². The third-order valence-corrected chi connectivity index (χ3v) is 9.25. The Morgan fingerprint density at radius 3 is 1.97 bits per heavy atom. The van der Waals surface area contributed by atoms with Crippen LogP contribution in [-0.2, 0) is 9.59 Å². The van der Waals surface area contributed by atoms with Gasteiger partial charge in [-0.1, -0.05) is 64.2 Å². The second-order valence-electron chi connectivity index (χ2n) is 11.4. The summed E-state index contributed by atoms with van der Waals surface area (Å²) in [5.41, 5.74) is 6.02. The summed E-state index contributed by atoms with van der Waals surface area (Å²) in [6.07, 6.45) is 20.1. The van der Waals surface area contributed by atoms with E-state index in [1.54, 1.807) is 0 Å². The minimum absolute atomic E-state index is 0.0811. The Labute approximate surface area is 195 Å². The topological polar surface area (TPSA) is 75.4 Å². The lowest BCUT2D eigenvalue weighted by atomic mass is 9.68. The summed E-state index contributed by atoms with van der Waals surface area (Å²) in [5.74, 6) is 2.88. The third-order valence-electron chi connectivity index (χ3n) is 9.25. The van der Waals surface area contributed by atoms with Crippen molar-refractivity contribution in [1.82, 2.24) is 10.2 Å². The number of likely N-dealkylation sites (tertiary alicyclic amines) is 1. The number of hydrogen-bond donors (Lipinski definition) is 2. The van der Waals surface area contributed by atoms with Crippen LogP contribution >= 0.6 is 0 Å². The summed E-state index contributed by atoms with van der Waals surface area (Å²) in [6, 6.07) is 0.0953. The average Bonchev–Trinajstić information content (AvgIpc) is 3.33. The molecule has 4 aliphatic rings. The monoisotopic (exact) mass is 445 g/mol. The lowest BCUT2D eigenvalue weighted by Crippen LogP contribution is -2.48. The molecular weight excluding hydrogens is 398 g/mol. The second-order valence-corrected chi connectivity index (χ2v) is 11.4. The summed E-state index contributed by atoms with van der Waals surface area (Å²) in [7, 11) is 0. The number of carbonyl (C=O) groups is 2. The van der Waals surface area contributed by atoms with Gasteiger partial charge in [0, 0.05) is 25.6 Å². The first kappa shape index (κ1) is 24.0. The molecule has 3 saturated carbocycles. The van der Waals surface area contributed by atoms with Gasteiger partial charge >= 0.3 is 0 Å². The maximum absolute atomic E-state index is 13.5. The van der Waals surface area contributed by atoms with Crippen molar-refractivity contribution in [3.8, 4) is 0 Å². The standard InChI is InChI=1S/C27H47N3O2/c28-23-15-13-20(14-16-23)19-29-27(32)25-12-7-17-30(25)26(31)18-24(21-8-3-1-4-9-21)22-10-5-2-6-11-22/h20-25H,1-19,28H2,(H,29,32)/t20?,23?,25-/m0/s1. The minimum atomic E-state index is -0.244. The molecule has 3 N–H and O–H groups in total. The molecule has 5 heteroatoms. The molecule has 1 aliphatic heterocycles. The molecule has 0 radical (unpaired) electrons. The van der Waals surface area contributed by atoms with Gasteiger partial charge in [0.1, 0.15) is 6.04 Å². The normalized spacial score (nSPS) is 30.6. The van der Waals surface area contributed by atoms with E-state index in [4.69, 9.17) is 5.73 Å². The zero-order valence-corrected chi connectivity index (χ0v) is 20.2. The van der Waals surface area contributed by atoms with E-state index in [-0.39, 0.29) is 17.9 Å². The highest BCUT2D eigenvalue weighted by Crippen LogP contribution is 2.42. The highest BCUT2D eigenvalue weighted by Gasteiger charge is 2.38. The number of hydrogen-bond acceptors (Lipinski definition) is 3. The Hall–Kier alpha value is -1.10. The molecule has 182 valence electrons. The molecule has 2 amide bonds. The average molecular weight is 446 g/mol. The molecule has 32 heavy (non-hydrogen) atoms. The Bertz CT molecular complexity index is 586. The molecule has 0 aromatic carbocycles. The maximum Gasteiger partial charge on any atom is 0.242 e. The van der Waals surface area contributed by atoms with E-state index in [2.05, 4.69) is 5.32 Å². The van der Waals surface area contributed by atoms with Crippen LogP contribution in [0.1, 0.15) is 109 Å². The third kappa shape index (κ3) is 6.27. The van der Waals surface area contributed by atoms with Crippen molar-refractivity contribution in [2.45, 2.75) is 121 Å². The van der Waals surface area contributed by atoms with E-state index in [0.717, 1.165) is 63.5 Å². The number of nitrogens with two attached hydrogens (primary N) is 1. The fourth-order valence-electron chi connectivity index (χ4n) is 7.25. The largest absolute Gasteiger partial charge is 0.354 e. The predicted octanol–water partition coefficient (Wildman–Crippen LogP) is 4.78. The molecule has 1 saturated heterocycles. The summed E-state index contributed by atoms with van der Waals surface area (Å²) in [4.78, 5) is 28.5. The van der Waals surface area contributed by atoms with E-state index < -0.39 is 0 Å². The number of carbonyl (C=O) groups excluding carboxylic acids is 2. The Balaban J connectivity index is 1.33. The van der Waals surface area contributed by atoms with Crippen molar-refractivity contribution in [3.63, 3.8) is 0 Å². The molecule has 1 atom stereocenters. The van der Waals surface area contributed by atoms with Gasteiger partial charge in [-0.3, -0.25) is 9.59 Å². The second kappa shape index (κ2) is 11.9. The predicted molar refractivity (Wildman–Crippen MR) is 129 cm³/mol. The van der Waals surface area contributed by atoms with E-state index in [1.165, 1.54) is 64.2 Å². The quantitative estimate of drug-likeness (QED) is 0.592. The maximum atomic E-state index is 13.5. The molecule has 0 aromatic rings. The Morgan fingerprint density at radius 2 is 1.38 bits per heavy atom. The number of nitrogens with one attached hydrogen (secondary N) is 1. The number of nitrogens with zero attached hydrogens (tertiary/aromatic N) is 1. The molecule has 0 spiro atoms. The summed E-state index contributed by atoms with van der Waals surface area (Å²) < 4.78 is 0. The van der Waals surface area contributed by atoms with Gasteiger partial charge in [-0.05, 0) is 62.2 Å². The van der Waals surface area contributed by atoms with Crippen molar-refractivity contribution >= 4 is 11.8 Å². The Kier molecular flexibility index (Phi) is 8.90. The first-order chi connectivity index (χ1) is 15.6. The van der Waals surface area contributed by atoms with E-state index in [9.17, 15) is 9.59 Å². The first-order valence-electron chi connectivity index (χ1n) is 13.9. The lowest BCUT2D eigenvalue weighted by molar-refractivity contribution is -0.140. The van der Waals surface area contributed by atoms with E-state index in [1.807, 2.05) is 4.90 Å². The summed E-state index contributed by atoms with van der Waals surface area (Å²) in [6.45, 7) is 1.51. The molecule has 4 rings (SSSR count). The molecule has 0 aromatic heterocycles. The van der Waals surface area contributed by atoms with Crippen molar-refractivity contribution in [3.05, 3.63) is 0 Å². The van der Waals surface area contributed by atoms with Gasteiger partial charge in [-0.15, -0.1) is 0 Å². The molecule has 3 aliphatic carbocycles. The van der Waals surface area contributed by atoms with Gasteiger partial charge in [0.2, 0.25) is 11.8 Å². The molecule has 4 fully saturated rings. The van der Waals surface area contributed by atoms with Gasteiger partial charge in [0.05, 0.1) is 0 Å². The smallest absolute Gasteiger partial charge is 0.242 e. The minimum Gasteiger partial charge on any atom is -0.354 e. The van der Waals surface area contributed by atoms with Crippen LogP contribution < -0.4 is 11.1 Å². The van der Waals surface area contributed by atoms with Gasteiger partial charge in [0.15, 0.2) is 0 Å². The van der Waals surface area contributed by atoms with Gasteiger partial charge in [-0.2, -0.15) is 0 Å². The number of amides is 2. The van der Waals surface area contributed by atoms with E-state index in [0.29, 0.717) is 24.3 Å². The fourth-order valence-corrected chi connectivity index (χ4v) is 7.25. The highest BCUT2D eigenvalue weighted by atomic mass is 16.2. The van der Waals surface area contributed by atoms with Crippen LogP contribution in [0.3, 0.4) is 0 Å². The van der Waals surface area contributed by atoms with Crippen molar-refractivity contribution < 1.29 is 9.59 Å². The first-order valence-corrected chi connectivity index (χ1v) is 13.9. The Morgan fingerprint density at radius 1 is 0.781 bits per heavy atom. The van der Waals surface area contributed by atoms with Crippen LogP contribution in [0.15, 0.2) is 0 Å². The van der Waals surface area contributed by atoms with Crippen molar-refractivity contribution in [2.24, 2.45) is 29.4 Å². The zero-order chi connectivity index (χ0) is 22.3. The summed E-state index contributed by atoms with van der Waals surface area (Å²) in [5, 5.41) is 3.20. The van der Waals surface area contributed by atoms with Crippen molar-refractivity contribution in [1.29, 1.82) is 0 Å². The molecule has 1 heterocycles. The van der Waals surface area contributed by atoms with E-state index >= 15 is 0 Å². The number of rotatable bonds is 7. The van der Waals surface area contributed by atoms with Gasteiger partial charge < -0.3 is 16.0 Å². The lowest BCUT2D eigenvalue weighted by Gasteiger charge is -2.38.